The minimum Gasteiger partial charge on any atom is -0.380 e. The van der Waals surface area contributed by atoms with Crippen molar-refractivity contribution >= 4 is 41.0 Å². The van der Waals surface area contributed by atoms with Crippen molar-refractivity contribution in [3.05, 3.63) is 48.5 Å². The number of rotatable bonds is 13. The molecular formula is C26H38N4O3S2. The van der Waals surface area contributed by atoms with E-state index in [0.717, 1.165) is 61.4 Å². The first-order valence-electron chi connectivity index (χ1n) is 12.1. The lowest BCUT2D eigenvalue weighted by Gasteiger charge is -2.34. The van der Waals surface area contributed by atoms with Crippen LogP contribution in [-0.2, 0) is 9.53 Å². The van der Waals surface area contributed by atoms with Gasteiger partial charge < -0.3 is 15.0 Å². The van der Waals surface area contributed by atoms with Crippen molar-refractivity contribution in [3.63, 3.8) is 0 Å². The van der Waals surface area contributed by atoms with E-state index < -0.39 is 5.60 Å². The Kier molecular flexibility index (Phi) is 11.1. The maximum absolute atomic E-state index is 12.9. The molecule has 2 aromatic carbocycles. The summed E-state index contributed by atoms with van der Waals surface area (Å²) in [6, 6.07) is 16.3. The first-order chi connectivity index (χ1) is 17.0. The summed E-state index contributed by atoms with van der Waals surface area (Å²) in [5.41, 5.74) is 2.98. The second kappa shape index (κ2) is 14.0. The number of nitrogens with one attached hydrogen (secondary N) is 3. The number of hydrogen-bond donors (Lipinski definition) is 4. The van der Waals surface area contributed by atoms with Crippen LogP contribution >= 0.6 is 23.7 Å². The summed E-state index contributed by atoms with van der Waals surface area (Å²) in [5, 5.41) is 13.4. The molecule has 1 fully saturated rings. The quantitative estimate of drug-likeness (QED) is 0.157. The third kappa shape index (κ3) is 8.32. The molecule has 0 aromatic heterocycles. The topological polar surface area (TPSA) is 85.9 Å². The van der Waals surface area contributed by atoms with Crippen molar-refractivity contribution in [1.29, 1.82) is 0 Å². The number of hydrogen-bond acceptors (Lipinski definition) is 8. The number of methoxy groups -OCH3 is 1. The maximum Gasteiger partial charge on any atom is 0.262 e. The largest absolute Gasteiger partial charge is 0.380 e. The Morgan fingerprint density at radius 3 is 2.49 bits per heavy atom. The molecule has 1 aliphatic rings. The molecule has 3 rings (SSSR count). The number of thioether (sulfide) groups is 1. The van der Waals surface area contributed by atoms with E-state index in [2.05, 4.69) is 58.8 Å². The minimum atomic E-state index is -0.735. The van der Waals surface area contributed by atoms with E-state index >= 15 is 0 Å². The Morgan fingerprint density at radius 2 is 1.83 bits per heavy atom. The minimum absolute atomic E-state index is 0.0907. The van der Waals surface area contributed by atoms with Crippen LogP contribution in [0.1, 0.15) is 38.5 Å². The number of nitrogens with zero attached hydrogens (tertiary/aromatic N) is 1. The molecule has 1 amide bonds. The Hall–Kier alpha value is -1.91. The van der Waals surface area contributed by atoms with Crippen LogP contribution in [0.15, 0.2) is 58.3 Å². The molecule has 0 spiro atoms. The van der Waals surface area contributed by atoms with E-state index in [0.29, 0.717) is 5.69 Å². The SMILES string of the molecule is COC1(C(=O)NSc2ccc(NC(CCN(C)C)CSc3ccccc3)c(NO)c2)CCCCC1. The Bertz CT molecular complexity index is 924. The number of amides is 1. The van der Waals surface area contributed by atoms with Gasteiger partial charge in [0.1, 0.15) is 5.60 Å². The van der Waals surface area contributed by atoms with Gasteiger partial charge in [-0.05, 0) is 82.2 Å². The molecule has 1 atom stereocenters. The average molecular weight is 519 g/mol. The van der Waals surface area contributed by atoms with E-state index in [1.165, 1.54) is 16.8 Å². The summed E-state index contributed by atoms with van der Waals surface area (Å²) in [4.78, 5) is 17.1. The van der Waals surface area contributed by atoms with Crippen LogP contribution in [0.5, 0.6) is 0 Å². The fourth-order valence-corrected chi connectivity index (χ4v) is 5.90. The molecule has 1 aliphatic carbocycles. The third-order valence-electron chi connectivity index (χ3n) is 6.32. The normalized spacial score (nSPS) is 16.0. The molecule has 4 N–H and O–H groups in total. The van der Waals surface area contributed by atoms with Crippen LogP contribution in [0.2, 0.25) is 0 Å². The monoisotopic (exact) mass is 518 g/mol. The van der Waals surface area contributed by atoms with Crippen molar-refractivity contribution in [2.75, 3.05) is 44.3 Å². The lowest BCUT2D eigenvalue weighted by atomic mass is 9.84. The second-order valence-corrected chi connectivity index (χ2v) is 11.1. The number of carbonyl (C=O) groups is 1. The first-order valence-corrected chi connectivity index (χ1v) is 13.9. The number of carbonyl (C=O) groups excluding carboxylic acids is 1. The summed E-state index contributed by atoms with van der Waals surface area (Å²) in [6.45, 7) is 0.954. The van der Waals surface area contributed by atoms with Gasteiger partial charge >= 0.3 is 0 Å². The second-order valence-electron chi connectivity index (χ2n) is 9.17. The van der Waals surface area contributed by atoms with Crippen molar-refractivity contribution in [3.8, 4) is 0 Å². The van der Waals surface area contributed by atoms with E-state index in [9.17, 15) is 10.0 Å². The zero-order chi connectivity index (χ0) is 25.1. The zero-order valence-corrected chi connectivity index (χ0v) is 22.5. The summed E-state index contributed by atoms with van der Waals surface area (Å²) in [5.74, 6) is 0.807. The fourth-order valence-electron chi connectivity index (χ4n) is 4.19. The third-order valence-corrected chi connectivity index (χ3v) is 8.27. The van der Waals surface area contributed by atoms with Gasteiger partial charge in [-0.15, -0.1) is 11.8 Å². The van der Waals surface area contributed by atoms with E-state index in [4.69, 9.17) is 4.74 Å². The van der Waals surface area contributed by atoms with Gasteiger partial charge in [-0.3, -0.25) is 20.2 Å². The summed E-state index contributed by atoms with van der Waals surface area (Å²) < 4.78 is 8.60. The molecule has 0 saturated heterocycles. The molecule has 35 heavy (non-hydrogen) atoms. The van der Waals surface area contributed by atoms with E-state index in [1.807, 2.05) is 36.0 Å². The van der Waals surface area contributed by atoms with Crippen molar-refractivity contribution in [2.24, 2.45) is 0 Å². The van der Waals surface area contributed by atoms with Gasteiger partial charge in [0.25, 0.3) is 5.91 Å². The molecule has 1 saturated carbocycles. The number of ether oxygens (including phenoxy) is 1. The first kappa shape index (κ1) is 27.7. The van der Waals surface area contributed by atoms with E-state index in [1.54, 1.807) is 7.11 Å². The lowest BCUT2D eigenvalue weighted by molar-refractivity contribution is -0.145. The maximum atomic E-state index is 12.9. The summed E-state index contributed by atoms with van der Waals surface area (Å²) >= 11 is 3.06. The van der Waals surface area contributed by atoms with Gasteiger partial charge in [-0.2, -0.15) is 0 Å². The fraction of sp³-hybridized carbons (Fsp3) is 0.500. The van der Waals surface area contributed by atoms with Crippen molar-refractivity contribution in [1.82, 2.24) is 9.62 Å². The predicted molar refractivity (Wildman–Crippen MR) is 146 cm³/mol. The van der Waals surface area contributed by atoms with Crippen LogP contribution in [0, 0.1) is 0 Å². The molecule has 0 bridgehead atoms. The number of benzene rings is 2. The smallest absolute Gasteiger partial charge is 0.262 e. The molecular weight excluding hydrogens is 480 g/mol. The van der Waals surface area contributed by atoms with Gasteiger partial charge in [-0.25, -0.2) is 0 Å². The highest BCUT2D eigenvalue weighted by Gasteiger charge is 2.39. The number of anilines is 2. The highest BCUT2D eigenvalue weighted by Crippen LogP contribution is 2.33. The summed E-state index contributed by atoms with van der Waals surface area (Å²) in [7, 11) is 5.76. The van der Waals surface area contributed by atoms with Crippen molar-refractivity contribution in [2.45, 2.75) is 60.0 Å². The Balaban J connectivity index is 1.63. The summed E-state index contributed by atoms with van der Waals surface area (Å²) in [6.07, 6.45) is 5.61. The van der Waals surface area contributed by atoms with Gasteiger partial charge in [0, 0.05) is 28.7 Å². The average Bonchev–Trinajstić information content (AvgIpc) is 2.90. The molecule has 192 valence electrons. The van der Waals surface area contributed by atoms with E-state index in [-0.39, 0.29) is 11.9 Å². The van der Waals surface area contributed by atoms with Gasteiger partial charge in [0.2, 0.25) is 0 Å². The van der Waals surface area contributed by atoms with Crippen LogP contribution in [-0.4, -0.2) is 61.2 Å². The van der Waals surface area contributed by atoms with Gasteiger partial charge in [0.15, 0.2) is 0 Å². The van der Waals surface area contributed by atoms with Gasteiger partial charge in [0.05, 0.1) is 11.4 Å². The standard InChI is InChI=1S/C26H38N4O3S2/c1-30(2)17-14-20(19-34-21-10-6-4-7-11-21)27-23-13-12-22(18-24(23)28-32)35-29-25(31)26(33-3)15-8-5-9-16-26/h4,6-7,10-13,18,20,27-28,32H,5,8-9,14-17,19H2,1-3H3,(H,29,31). The molecule has 2 aromatic rings. The molecule has 7 nitrogen and oxygen atoms in total. The van der Waals surface area contributed by atoms with Gasteiger partial charge in [-0.1, -0.05) is 37.5 Å². The van der Waals surface area contributed by atoms with Crippen molar-refractivity contribution < 1.29 is 14.7 Å². The molecule has 0 aliphatic heterocycles. The molecule has 0 radical (unpaired) electrons. The molecule has 0 heterocycles. The van der Waals surface area contributed by atoms with Crippen LogP contribution in [0.3, 0.4) is 0 Å². The lowest BCUT2D eigenvalue weighted by Crippen LogP contribution is -2.47. The molecule has 1 unspecified atom stereocenters. The van der Waals surface area contributed by atoms with Crippen LogP contribution in [0.25, 0.3) is 0 Å². The Labute approximate surface area is 217 Å². The highest BCUT2D eigenvalue weighted by atomic mass is 32.2. The van der Waals surface area contributed by atoms with Crippen LogP contribution < -0.4 is 15.5 Å². The Morgan fingerprint density at radius 1 is 1.09 bits per heavy atom. The highest BCUT2D eigenvalue weighted by molar-refractivity contribution is 7.99. The van der Waals surface area contributed by atoms with Crippen LogP contribution in [0.4, 0.5) is 11.4 Å². The predicted octanol–water partition coefficient (Wildman–Crippen LogP) is 5.48. The zero-order valence-electron chi connectivity index (χ0n) is 20.9. The molecule has 9 heteroatoms.